The number of benzene rings is 2. The molecule has 2 aromatic carbocycles. The molecule has 1 heterocycles. The second-order valence-electron chi connectivity index (χ2n) is 5.80. The smallest absolute Gasteiger partial charge is 0.243 e. The quantitative estimate of drug-likeness (QED) is 0.564. The maximum absolute atomic E-state index is 12.9. The summed E-state index contributed by atoms with van der Waals surface area (Å²) in [5, 5.41) is 9.33. The molecule has 0 aliphatic heterocycles. The minimum absolute atomic E-state index is 0.261. The molecule has 0 saturated carbocycles. The Morgan fingerprint density at radius 1 is 1.00 bits per heavy atom. The van der Waals surface area contributed by atoms with Crippen LogP contribution in [0.4, 0.5) is 0 Å². The van der Waals surface area contributed by atoms with Crippen molar-refractivity contribution in [3.8, 4) is 17.1 Å². The molecule has 0 spiro atoms. The van der Waals surface area contributed by atoms with Gasteiger partial charge in [-0.2, -0.15) is 4.31 Å². The van der Waals surface area contributed by atoms with Crippen molar-refractivity contribution in [3.05, 3.63) is 54.6 Å². The summed E-state index contributed by atoms with van der Waals surface area (Å²) in [6.07, 6.45) is 1.94. The average Bonchev–Trinajstić information content (AvgIpc) is 3.13. The van der Waals surface area contributed by atoms with Crippen LogP contribution in [0.2, 0.25) is 0 Å². The SMILES string of the molecule is CCN(CC)S(=O)(=O)c1cccc(-c2nnc(SC)n2-c2ccccc2)c1. The van der Waals surface area contributed by atoms with Crippen LogP contribution in [0.25, 0.3) is 17.1 Å². The number of sulfonamides is 1. The van der Waals surface area contributed by atoms with Crippen molar-refractivity contribution in [3.63, 3.8) is 0 Å². The van der Waals surface area contributed by atoms with Gasteiger partial charge in [-0.1, -0.05) is 55.9 Å². The molecule has 0 fully saturated rings. The number of para-hydroxylation sites is 1. The van der Waals surface area contributed by atoms with E-state index in [1.807, 2.05) is 61.1 Å². The van der Waals surface area contributed by atoms with Gasteiger partial charge in [-0.25, -0.2) is 8.42 Å². The molecule has 0 radical (unpaired) electrons. The Morgan fingerprint density at radius 3 is 2.33 bits per heavy atom. The molecular formula is C19H22N4O2S2. The largest absolute Gasteiger partial charge is 0.270 e. The molecule has 0 atom stereocenters. The number of thioether (sulfide) groups is 1. The number of hydrogen-bond donors (Lipinski definition) is 0. The van der Waals surface area contributed by atoms with Crippen molar-refractivity contribution in [2.24, 2.45) is 0 Å². The van der Waals surface area contributed by atoms with Gasteiger partial charge in [0.15, 0.2) is 11.0 Å². The fraction of sp³-hybridized carbons (Fsp3) is 0.263. The number of rotatable bonds is 7. The van der Waals surface area contributed by atoms with Crippen LogP contribution in [-0.4, -0.2) is 46.8 Å². The van der Waals surface area contributed by atoms with Crippen LogP contribution in [0.5, 0.6) is 0 Å². The summed E-state index contributed by atoms with van der Waals surface area (Å²) in [4.78, 5) is 0.261. The van der Waals surface area contributed by atoms with Crippen LogP contribution >= 0.6 is 11.8 Å². The van der Waals surface area contributed by atoms with E-state index in [4.69, 9.17) is 0 Å². The summed E-state index contributed by atoms with van der Waals surface area (Å²) >= 11 is 1.49. The monoisotopic (exact) mass is 402 g/mol. The number of aromatic nitrogens is 3. The Bertz CT molecular complexity index is 1010. The molecule has 0 bridgehead atoms. The van der Waals surface area contributed by atoms with Crippen LogP contribution in [0.15, 0.2) is 64.6 Å². The lowest BCUT2D eigenvalue weighted by molar-refractivity contribution is 0.445. The van der Waals surface area contributed by atoms with Gasteiger partial charge in [-0.05, 0) is 30.5 Å². The fourth-order valence-electron chi connectivity index (χ4n) is 2.91. The molecule has 3 aromatic rings. The summed E-state index contributed by atoms with van der Waals surface area (Å²) in [6, 6.07) is 16.7. The van der Waals surface area contributed by atoms with Crippen molar-refractivity contribution >= 4 is 21.8 Å². The second kappa shape index (κ2) is 8.24. The zero-order valence-electron chi connectivity index (χ0n) is 15.5. The van der Waals surface area contributed by atoms with Crippen molar-refractivity contribution in [2.45, 2.75) is 23.9 Å². The van der Waals surface area contributed by atoms with Gasteiger partial charge in [0.1, 0.15) is 0 Å². The van der Waals surface area contributed by atoms with E-state index in [9.17, 15) is 8.42 Å². The number of nitrogens with zero attached hydrogens (tertiary/aromatic N) is 4. The summed E-state index contributed by atoms with van der Waals surface area (Å²) < 4.78 is 29.1. The molecule has 8 heteroatoms. The standard InChI is InChI=1S/C19H22N4O2S2/c1-4-22(5-2)27(24,25)17-13-9-10-15(14-17)18-20-21-19(26-3)23(18)16-11-7-6-8-12-16/h6-14H,4-5H2,1-3H3. The van der Waals surface area contributed by atoms with Gasteiger partial charge in [0.25, 0.3) is 0 Å². The predicted octanol–water partition coefficient (Wildman–Crippen LogP) is 3.69. The first kappa shape index (κ1) is 19.6. The molecule has 6 nitrogen and oxygen atoms in total. The van der Waals surface area contributed by atoms with Crippen LogP contribution in [0.1, 0.15) is 13.8 Å². The van der Waals surface area contributed by atoms with Gasteiger partial charge in [0.05, 0.1) is 4.90 Å². The van der Waals surface area contributed by atoms with Crippen LogP contribution in [0, 0.1) is 0 Å². The molecule has 0 saturated heterocycles. The van der Waals surface area contributed by atoms with Crippen LogP contribution in [0.3, 0.4) is 0 Å². The Kier molecular flexibility index (Phi) is 5.98. The Morgan fingerprint density at radius 2 is 1.70 bits per heavy atom. The topological polar surface area (TPSA) is 68.1 Å². The first-order valence-corrected chi connectivity index (χ1v) is 11.3. The molecule has 0 N–H and O–H groups in total. The maximum atomic E-state index is 12.9. The first-order valence-electron chi connectivity index (χ1n) is 8.68. The van der Waals surface area contributed by atoms with Gasteiger partial charge in [0, 0.05) is 24.3 Å². The minimum Gasteiger partial charge on any atom is -0.270 e. The van der Waals surface area contributed by atoms with Crippen molar-refractivity contribution < 1.29 is 8.42 Å². The molecule has 27 heavy (non-hydrogen) atoms. The van der Waals surface area contributed by atoms with E-state index >= 15 is 0 Å². The second-order valence-corrected chi connectivity index (χ2v) is 8.51. The molecule has 0 amide bonds. The number of hydrogen-bond acceptors (Lipinski definition) is 5. The summed E-state index contributed by atoms with van der Waals surface area (Å²) in [6.45, 7) is 4.53. The summed E-state index contributed by atoms with van der Waals surface area (Å²) in [7, 11) is -3.54. The molecular weight excluding hydrogens is 380 g/mol. The minimum atomic E-state index is -3.54. The average molecular weight is 403 g/mol. The van der Waals surface area contributed by atoms with Crippen LogP contribution in [-0.2, 0) is 10.0 Å². The zero-order valence-corrected chi connectivity index (χ0v) is 17.2. The van der Waals surface area contributed by atoms with E-state index < -0.39 is 10.0 Å². The van der Waals surface area contributed by atoms with E-state index in [2.05, 4.69) is 10.2 Å². The molecule has 0 aliphatic rings. The lowest BCUT2D eigenvalue weighted by Gasteiger charge is -2.18. The van der Waals surface area contributed by atoms with E-state index in [0.29, 0.717) is 24.5 Å². The Labute approximate surface area is 164 Å². The zero-order chi connectivity index (χ0) is 19.4. The lowest BCUT2D eigenvalue weighted by Crippen LogP contribution is -2.30. The van der Waals surface area contributed by atoms with E-state index in [-0.39, 0.29) is 4.90 Å². The Hall–Kier alpha value is -2.16. The van der Waals surface area contributed by atoms with Gasteiger partial charge >= 0.3 is 0 Å². The molecule has 1 aromatic heterocycles. The van der Waals surface area contributed by atoms with Crippen molar-refractivity contribution in [1.29, 1.82) is 0 Å². The highest BCUT2D eigenvalue weighted by atomic mass is 32.2. The van der Waals surface area contributed by atoms with E-state index in [0.717, 1.165) is 10.8 Å². The highest BCUT2D eigenvalue weighted by Crippen LogP contribution is 2.28. The van der Waals surface area contributed by atoms with Crippen LogP contribution < -0.4 is 0 Å². The highest BCUT2D eigenvalue weighted by molar-refractivity contribution is 7.98. The maximum Gasteiger partial charge on any atom is 0.243 e. The van der Waals surface area contributed by atoms with E-state index in [1.165, 1.54) is 16.1 Å². The molecule has 0 aliphatic carbocycles. The molecule has 142 valence electrons. The third kappa shape index (κ3) is 3.78. The Balaban J connectivity index is 2.13. The van der Waals surface area contributed by atoms with Gasteiger partial charge in [-0.3, -0.25) is 4.57 Å². The van der Waals surface area contributed by atoms with Gasteiger partial charge < -0.3 is 0 Å². The highest BCUT2D eigenvalue weighted by Gasteiger charge is 2.23. The normalized spacial score (nSPS) is 11.9. The van der Waals surface area contributed by atoms with Crippen molar-refractivity contribution in [2.75, 3.05) is 19.3 Å². The molecule has 3 rings (SSSR count). The van der Waals surface area contributed by atoms with Crippen molar-refractivity contribution in [1.82, 2.24) is 19.1 Å². The fourth-order valence-corrected chi connectivity index (χ4v) is 4.91. The first-order chi connectivity index (χ1) is 13.0. The third-order valence-electron chi connectivity index (χ3n) is 4.27. The lowest BCUT2D eigenvalue weighted by atomic mass is 10.2. The van der Waals surface area contributed by atoms with Gasteiger partial charge in [-0.15, -0.1) is 10.2 Å². The predicted molar refractivity (Wildman–Crippen MR) is 109 cm³/mol. The third-order valence-corrected chi connectivity index (χ3v) is 6.94. The summed E-state index contributed by atoms with van der Waals surface area (Å²) in [5.74, 6) is 0.613. The van der Waals surface area contributed by atoms with E-state index in [1.54, 1.807) is 18.2 Å². The molecule has 0 unspecified atom stereocenters. The van der Waals surface area contributed by atoms with Gasteiger partial charge in [0.2, 0.25) is 10.0 Å². The summed E-state index contributed by atoms with van der Waals surface area (Å²) in [5.41, 5.74) is 1.64.